The van der Waals surface area contributed by atoms with Crippen molar-refractivity contribution in [3.05, 3.63) is 17.7 Å². The van der Waals surface area contributed by atoms with Crippen molar-refractivity contribution in [2.24, 2.45) is 36.5 Å². The van der Waals surface area contributed by atoms with Gasteiger partial charge in [0, 0.05) is 31.3 Å². The summed E-state index contributed by atoms with van der Waals surface area (Å²) in [5, 5.41) is 0. The molecule has 104 valence electrons. The number of imidazole rings is 1. The Hall–Kier alpha value is -0.830. The molecule has 5 rings (SSSR count). The highest BCUT2D eigenvalue weighted by Gasteiger charge is 2.49. The molecule has 4 aliphatic rings. The molecule has 3 heteroatoms. The Kier molecular flexibility index (Phi) is 2.73. The lowest BCUT2D eigenvalue weighted by Gasteiger charge is -2.54. The monoisotopic (exact) mass is 259 g/mol. The van der Waals surface area contributed by atoms with E-state index in [-0.39, 0.29) is 0 Å². The topological polar surface area (TPSA) is 43.8 Å². The first-order chi connectivity index (χ1) is 9.26. The van der Waals surface area contributed by atoms with Crippen LogP contribution in [-0.4, -0.2) is 16.1 Å². The summed E-state index contributed by atoms with van der Waals surface area (Å²) in [5.74, 6) is 6.03. The van der Waals surface area contributed by atoms with Crippen LogP contribution in [0.3, 0.4) is 0 Å². The highest BCUT2D eigenvalue weighted by atomic mass is 15.1. The normalized spacial score (nSPS) is 40.0. The zero-order valence-corrected chi connectivity index (χ0v) is 11.9. The molecule has 0 saturated heterocycles. The second kappa shape index (κ2) is 4.34. The molecule has 4 aliphatic carbocycles. The minimum Gasteiger partial charge on any atom is -0.335 e. The van der Waals surface area contributed by atoms with E-state index in [2.05, 4.69) is 17.8 Å². The van der Waals surface area contributed by atoms with Crippen LogP contribution in [-0.2, 0) is 13.5 Å². The van der Waals surface area contributed by atoms with E-state index in [1.807, 2.05) is 0 Å². The number of hydrogen-bond acceptors (Lipinski definition) is 2. The van der Waals surface area contributed by atoms with Gasteiger partial charge in [-0.05, 0) is 62.3 Å². The fourth-order valence-electron chi connectivity index (χ4n) is 5.50. The average Bonchev–Trinajstić information content (AvgIpc) is 2.71. The Morgan fingerprint density at radius 2 is 1.79 bits per heavy atom. The zero-order chi connectivity index (χ0) is 13.0. The molecule has 2 N–H and O–H groups in total. The molecule has 0 atom stereocenters. The molecule has 1 heterocycles. The number of nitrogens with zero attached hydrogens (tertiary/aromatic N) is 2. The molecule has 1 aromatic heterocycles. The van der Waals surface area contributed by atoms with E-state index < -0.39 is 0 Å². The van der Waals surface area contributed by atoms with E-state index in [9.17, 15) is 0 Å². The van der Waals surface area contributed by atoms with Gasteiger partial charge in [0.2, 0.25) is 0 Å². The van der Waals surface area contributed by atoms with Crippen LogP contribution in [0, 0.1) is 23.7 Å². The van der Waals surface area contributed by atoms with E-state index in [0.29, 0.717) is 0 Å². The maximum atomic E-state index is 5.69. The highest BCUT2D eigenvalue weighted by molar-refractivity contribution is 5.16. The lowest BCUT2D eigenvalue weighted by atomic mass is 9.51. The van der Waals surface area contributed by atoms with Crippen molar-refractivity contribution in [3.8, 4) is 0 Å². The maximum Gasteiger partial charge on any atom is 0.112 e. The Morgan fingerprint density at radius 1 is 1.16 bits per heavy atom. The molecule has 4 saturated carbocycles. The van der Waals surface area contributed by atoms with Crippen molar-refractivity contribution in [1.29, 1.82) is 0 Å². The van der Waals surface area contributed by atoms with Crippen LogP contribution < -0.4 is 5.73 Å². The van der Waals surface area contributed by atoms with E-state index in [4.69, 9.17) is 10.7 Å². The fraction of sp³-hybridized carbons (Fsp3) is 0.812. The van der Waals surface area contributed by atoms with Crippen LogP contribution >= 0.6 is 0 Å². The summed E-state index contributed by atoms with van der Waals surface area (Å²) in [7, 11) is 2.19. The predicted octanol–water partition coefficient (Wildman–Crippen LogP) is 2.46. The third-order valence-corrected chi connectivity index (χ3v) is 6.05. The van der Waals surface area contributed by atoms with Gasteiger partial charge < -0.3 is 10.3 Å². The predicted molar refractivity (Wildman–Crippen MR) is 75.8 cm³/mol. The molecule has 0 unspecified atom stereocenters. The van der Waals surface area contributed by atoms with Crippen molar-refractivity contribution in [2.45, 2.75) is 44.4 Å². The maximum absolute atomic E-state index is 5.69. The molecule has 0 amide bonds. The van der Waals surface area contributed by atoms with E-state index in [1.54, 1.807) is 0 Å². The molecule has 0 aromatic carbocycles. The fourth-order valence-corrected chi connectivity index (χ4v) is 5.50. The van der Waals surface area contributed by atoms with Crippen LogP contribution in [0.2, 0.25) is 0 Å². The Labute approximate surface area is 115 Å². The second-order valence-electron chi connectivity index (χ2n) is 7.16. The van der Waals surface area contributed by atoms with Gasteiger partial charge in [0.25, 0.3) is 0 Å². The Balaban J connectivity index is 1.65. The minimum absolute atomic E-state index is 0.723. The van der Waals surface area contributed by atoms with Gasteiger partial charge in [-0.3, -0.25) is 0 Å². The molecular formula is C16H25N3. The summed E-state index contributed by atoms with van der Waals surface area (Å²) in [6.45, 7) is 0.723. The standard InChI is InChI=1S/C16H25N3/c1-19-14(2-3-17)9-18-16(19)15-12-5-10-4-11(7-12)8-13(15)6-10/h9-13,15H,2-8,17H2,1H3. The summed E-state index contributed by atoms with van der Waals surface area (Å²) in [4.78, 5) is 4.79. The molecule has 3 nitrogen and oxygen atoms in total. The summed E-state index contributed by atoms with van der Waals surface area (Å²) >= 11 is 0. The number of rotatable bonds is 3. The van der Waals surface area contributed by atoms with Crippen LogP contribution in [0.15, 0.2) is 6.20 Å². The molecule has 19 heavy (non-hydrogen) atoms. The van der Waals surface area contributed by atoms with Gasteiger partial charge in [-0.15, -0.1) is 0 Å². The zero-order valence-electron chi connectivity index (χ0n) is 11.9. The first-order valence-corrected chi connectivity index (χ1v) is 7.96. The van der Waals surface area contributed by atoms with Crippen LogP contribution in [0.25, 0.3) is 0 Å². The van der Waals surface area contributed by atoms with Crippen molar-refractivity contribution in [2.75, 3.05) is 6.54 Å². The lowest BCUT2D eigenvalue weighted by Crippen LogP contribution is -2.44. The van der Waals surface area contributed by atoms with Gasteiger partial charge in [0.05, 0.1) is 0 Å². The van der Waals surface area contributed by atoms with Crippen molar-refractivity contribution in [1.82, 2.24) is 9.55 Å². The summed E-state index contributed by atoms with van der Waals surface area (Å²) < 4.78 is 2.35. The van der Waals surface area contributed by atoms with Crippen LogP contribution in [0.1, 0.15) is 49.5 Å². The summed E-state index contributed by atoms with van der Waals surface area (Å²) in [6, 6.07) is 0. The van der Waals surface area contributed by atoms with Crippen LogP contribution in [0.4, 0.5) is 0 Å². The van der Waals surface area contributed by atoms with Gasteiger partial charge >= 0.3 is 0 Å². The molecule has 1 aromatic rings. The molecule has 0 spiro atoms. The van der Waals surface area contributed by atoms with Crippen molar-refractivity contribution >= 4 is 0 Å². The van der Waals surface area contributed by atoms with Gasteiger partial charge in [-0.25, -0.2) is 4.98 Å². The van der Waals surface area contributed by atoms with E-state index in [0.717, 1.165) is 42.6 Å². The minimum atomic E-state index is 0.723. The smallest absolute Gasteiger partial charge is 0.112 e. The largest absolute Gasteiger partial charge is 0.335 e. The Morgan fingerprint density at radius 3 is 2.37 bits per heavy atom. The molecule has 0 radical (unpaired) electrons. The second-order valence-corrected chi connectivity index (χ2v) is 7.16. The first kappa shape index (κ1) is 12.0. The van der Waals surface area contributed by atoms with Crippen molar-refractivity contribution < 1.29 is 0 Å². The van der Waals surface area contributed by atoms with E-state index >= 15 is 0 Å². The number of nitrogens with two attached hydrogens (primary N) is 1. The summed E-state index contributed by atoms with van der Waals surface area (Å²) in [5.41, 5.74) is 7.00. The third kappa shape index (κ3) is 1.78. The van der Waals surface area contributed by atoms with Gasteiger partial charge in [-0.2, -0.15) is 0 Å². The molecule has 4 bridgehead atoms. The van der Waals surface area contributed by atoms with E-state index in [1.165, 1.54) is 43.6 Å². The third-order valence-electron chi connectivity index (χ3n) is 6.05. The van der Waals surface area contributed by atoms with Gasteiger partial charge in [0.1, 0.15) is 5.82 Å². The first-order valence-electron chi connectivity index (χ1n) is 7.96. The number of aromatic nitrogens is 2. The molecular weight excluding hydrogens is 234 g/mol. The highest BCUT2D eigenvalue weighted by Crippen LogP contribution is 2.59. The molecule has 0 aliphatic heterocycles. The van der Waals surface area contributed by atoms with Crippen molar-refractivity contribution in [3.63, 3.8) is 0 Å². The SMILES string of the molecule is Cn1c(CCN)cnc1C1C2CC3CC(C2)CC1C3. The number of hydrogen-bond donors (Lipinski definition) is 1. The average molecular weight is 259 g/mol. The summed E-state index contributed by atoms with van der Waals surface area (Å²) in [6.07, 6.45) is 10.4. The van der Waals surface area contributed by atoms with Gasteiger partial charge in [-0.1, -0.05) is 0 Å². The van der Waals surface area contributed by atoms with Gasteiger partial charge in [0.15, 0.2) is 0 Å². The molecule has 4 fully saturated rings. The van der Waals surface area contributed by atoms with Crippen LogP contribution in [0.5, 0.6) is 0 Å². The lowest BCUT2D eigenvalue weighted by molar-refractivity contribution is -0.00652. The quantitative estimate of drug-likeness (QED) is 0.906. The Bertz CT molecular complexity index is 448.